The van der Waals surface area contributed by atoms with Crippen LogP contribution in [0.5, 0.6) is 11.5 Å². The first-order valence-electron chi connectivity index (χ1n) is 25.2. The van der Waals surface area contributed by atoms with Gasteiger partial charge in [0, 0.05) is 86.8 Å². The molecule has 0 atom stereocenters. The van der Waals surface area contributed by atoms with E-state index in [1.807, 2.05) is 61.6 Å². The molecule has 11 rings (SSSR count). The number of nitrogens with zero attached hydrogens (tertiary/aromatic N) is 10. The number of benzene rings is 4. The van der Waals surface area contributed by atoms with Gasteiger partial charge in [0.05, 0.1) is 59.2 Å². The first-order chi connectivity index (χ1) is 35.8. The van der Waals surface area contributed by atoms with E-state index in [0.717, 1.165) is 66.0 Å². The van der Waals surface area contributed by atoms with E-state index in [1.54, 1.807) is 28.8 Å². The van der Waals surface area contributed by atoms with Crippen molar-refractivity contribution in [1.82, 2.24) is 59.5 Å². The smallest absolute Gasteiger partial charge is 0.405 e. The molecule has 6 N–H and O–H groups in total. The van der Waals surface area contributed by atoms with E-state index < -0.39 is 18.6 Å². The number of nitrogens with one attached hydrogen (secondary N) is 4. The number of rotatable bonds is 14. The summed E-state index contributed by atoms with van der Waals surface area (Å²) in [6.45, 7) is 9.79. The lowest BCUT2D eigenvalue weighted by atomic mass is 9.99. The molecule has 2 aliphatic heterocycles. The number of phenols is 2. The second-order valence-electron chi connectivity index (χ2n) is 19.8. The highest BCUT2D eigenvalue weighted by Crippen LogP contribution is 2.40. The van der Waals surface area contributed by atoms with Crippen molar-refractivity contribution in [2.45, 2.75) is 70.6 Å². The molecule has 1 amide bonds. The van der Waals surface area contributed by atoms with Gasteiger partial charge in [0.1, 0.15) is 18.0 Å². The second-order valence-corrected chi connectivity index (χ2v) is 19.8. The van der Waals surface area contributed by atoms with Crippen molar-refractivity contribution >= 4 is 33.4 Å². The van der Waals surface area contributed by atoms with Gasteiger partial charge in [-0.1, -0.05) is 38.8 Å². The summed E-state index contributed by atoms with van der Waals surface area (Å²) in [4.78, 5) is 34.6. The molecule has 0 spiro atoms. The van der Waals surface area contributed by atoms with E-state index in [1.165, 1.54) is 28.2 Å². The minimum atomic E-state index is -4.66. The Balaban J connectivity index is 0.825. The molecule has 1 saturated carbocycles. The van der Waals surface area contributed by atoms with Gasteiger partial charge in [-0.05, 0) is 72.9 Å². The maximum Gasteiger partial charge on any atom is 0.405 e. The molecule has 4 aromatic carbocycles. The van der Waals surface area contributed by atoms with Gasteiger partial charge in [-0.25, -0.2) is 14.0 Å². The highest BCUT2D eigenvalue weighted by atomic mass is 19.4. The molecule has 8 aromatic rings. The Kier molecular flexibility index (Phi) is 13.2. The van der Waals surface area contributed by atoms with Crippen LogP contribution >= 0.6 is 0 Å². The Labute approximate surface area is 422 Å². The maximum atomic E-state index is 14.5. The lowest BCUT2D eigenvalue weighted by molar-refractivity contribution is -0.421. The first-order valence-corrected chi connectivity index (χ1v) is 25.2. The summed E-state index contributed by atoms with van der Waals surface area (Å²) >= 11 is 0. The summed E-state index contributed by atoms with van der Waals surface area (Å²) < 4.78 is 49.6. The number of aromatic nitrogens is 10. The topological polar surface area (TPSA) is 218 Å². The van der Waals surface area contributed by atoms with Gasteiger partial charge < -0.3 is 25.2 Å². The second kappa shape index (κ2) is 20.0. The number of ether oxygens (including phenoxy) is 1. The number of carbonyl (C=O) groups excluding carboxylic acids is 1. The Morgan fingerprint density at radius 1 is 0.811 bits per heavy atom. The highest BCUT2D eigenvalue weighted by Gasteiger charge is 2.32. The summed E-state index contributed by atoms with van der Waals surface area (Å²) in [5.74, 6) is -0.826. The van der Waals surface area contributed by atoms with Crippen molar-refractivity contribution in [3.8, 4) is 45.6 Å². The van der Waals surface area contributed by atoms with Crippen LogP contribution in [0.4, 0.5) is 18.9 Å². The fraction of sp³-hybridized carbons (Fsp3) is 0.404. The number of morpholine rings is 1. The number of halogens is 3. The summed E-state index contributed by atoms with van der Waals surface area (Å²) in [5, 5.41) is 53.4. The summed E-state index contributed by atoms with van der Waals surface area (Å²) in [5.41, 5.74) is 6.61. The molecule has 19 nitrogen and oxygen atoms in total. The van der Waals surface area contributed by atoms with Gasteiger partial charge in [0.25, 0.3) is 5.91 Å². The average molecular weight is 1020 g/mol. The molecule has 0 unspecified atom stereocenters. The molecular weight excluding hydrogens is 958 g/mol. The molecule has 2 saturated heterocycles. The molecule has 74 heavy (non-hydrogen) atoms. The van der Waals surface area contributed by atoms with Crippen molar-refractivity contribution in [2.75, 3.05) is 70.5 Å². The number of carbonyl (C=O) groups is 1. The van der Waals surface area contributed by atoms with Gasteiger partial charge >= 0.3 is 11.9 Å². The number of phenolic OH excluding ortho intramolecular Hbond substituents is 2. The lowest BCUT2D eigenvalue weighted by Crippen LogP contribution is -2.47. The Hall–Kier alpha value is -7.56. The van der Waals surface area contributed by atoms with Gasteiger partial charge in [0.15, 0.2) is 11.6 Å². The van der Waals surface area contributed by atoms with Crippen LogP contribution in [0, 0.1) is 0 Å². The number of hydrogen-bond acceptors (Lipinski definition) is 12. The van der Waals surface area contributed by atoms with Gasteiger partial charge in [0.2, 0.25) is 11.3 Å². The first kappa shape index (κ1) is 48.7. The molecular formula is C52H58F3N14O5+. The summed E-state index contributed by atoms with van der Waals surface area (Å²) in [6, 6.07) is 21.9. The standard InChI is InChI=1S/C52H57F3N14O5/c1-31(2)45-37-25-39(43(70)27-41(37)57-59-45)47-61-62-49(50(72)56-30-52(53,54)55)68(47)35-13-11-34(12-14-35)66-18-15-64(16-19-66)17-20-67-51(73)69(36-9-7-32(8-10-36)29-65-21-23-74-24-22-65)48(63-67)40-26-38-42(28-44(40)71)58-60-46(38)33-5-3-4-6-33/h7-14,25-28,31,33,70-71H,3-6,15-24,29-30H2,1-2H3,(H,56,72)(H,57,59)(H,58,60)/p+1. The number of aromatic hydroxyl groups is 2. The minimum Gasteiger partial charge on any atom is -0.507 e. The van der Waals surface area contributed by atoms with Crippen LogP contribution in [0.3, 0.4) is 0 Å². The van der Waals surface area contributed by atoms with Crippen LogP contribution in [-0.2, 0) is 17.8 Å². The number of anilines is 1. The zero-order chi connectivity index (χ0) is 51.3. The third-order valence-electron chi connectivity index (χ3n) is 14.6. The fourth-order valence-electron chi connectivity index (χ4n) is 10.6. The predicted molar refractivity (Wildman–Crippen MR) is 270 cm³/mol. The van der Waals surface area contributed by atoms with Crippen molar-refractivity contribution in [1.29, 1.82) is 0 Å². The molecule has 3 fully saturated rings. The van der Waals surface area contributed by atoms with E-state index in [9.17, 15) is 33.0 Å². The van der Waals surface area contributed by atoms with E-state index in [-0.39, 0.29) is 40.3 Å². The minimum absolute atomic E-state index is 0.0120. The van der Waals surface area contributed by atoms with E-state index >= 15 is 0 Å². The molecule has 386 valence electrons. The molecule has 4 aromatic heterocycles. The van der Waals surface area contributed by atoms with Crippen molar-refractivity contribution in [2.24, 2.45) is 0 Å². The van der Waals surface area contributed by atoms with Crippen LogP contribution in [0.2, 0.25) is 0 Å². The zero-order valence-corrected chi connectivity index (χ0v) is 41.1. The van der Waals surface area contributed by atoms with E-state index in [0.29, 0.717) is 92.1 Å². The van der Waals surface area contributed by atoms with E-state index in [2.05, 4.69) is 45.3 Å². The fourth-order valence-corrected chi connectivity index (χ4v) is 10.6. The van der Waals surface area contributed by atoms with Gasteiger partial charge in [-0.3, -0.25) is 24.3 Å². The van der Waals surface area contributed by atoms with Crippen molar-refractivity contribution in [3.05, 3.63) is 106 Å². The third kappa shape index (κ3) is 9.71. The lowest BCUT2D eigenvalue weighted by Gasteiger charge is -2.36. The molecule has 3 aliphatic rings. The molecule has 6 heterocycles. The average Bonchev–Trinajstić information content (AvgIpc) is 4.27. The number of fused-ring (bicyclic) bond motifs is 2. The largest absolute Gasteiger partial charge is 0.507 e. The van der Waals surface area contributed by atoms with Crippen LogP contribution in [-0.4, -0.2) is 142 Å². The van der Waals surface area contributed by atoms with Crippen LogP contribution in [0.25, 0.3) is 56.0 Å². The molecule has 0 bridgehead atoms. The quantitative estimate of drug-likeness (QED) is 0.0816. The maximum absolute atomic E-state index is 14.5. The predicted octanol–water partition coefficient (Wildman–Crippen LogP) is 6.26. The van der Waals surface area contributed by atoms with Crippen LogP contribution in [0.1, 0.15) is 78.9 Å². The third-order valence-corrected chi connectivity index (χ3v) is 14.6. The Morgan fingerprint density at radius 2 is 1.47 bits per heavy atom. The SMILES string of the molecule is CC(C)c1[nH]nc2cc(O)c(-c3nnc(C(=O)NCC(F)(F)F)n3-c3ccc(N4CCN(CCn5nc(-c6cc7c(C8CCCC8)[nH][nH+]c7cc6O)n(-c6ccc(CN7CCOCC7)cc6)c5=O)CC4)cc3)cc12. The van der Waals surface area contributed by atoms with Crippen molar-refractivity contribution in [3.63, 3.8) is 0 Å². The monoisotopic (exact) mass is 1020 g/mol. The number of hydrogen-bond donors (Lipinski definition) is 5. The van der Waals surface area contributed by atoms with Crippen LogP contribution < -0.4 is 21.0 Å². The number of aromatic amines is 3. The Bertz CT molecular complexity index is 3370. The van der Waals surface area contributed by atoms with Crippen LogP contribution in [0.15, 0.2) is 77.6 Å². The molecule has 22 heteroatoms. The number of alkyl halides is 3. The van der Waals surface area contributed by atoms with Gasteiger partial charge in [-0.2, -0.15) is 23.4 Å². The van der Waals surface area contributed by atoms with Crippen molar-refractivity contribution < 1.29 is 38.0 Å². The number of amides is 1. The highest BCUT2D eigenvalue weighted by molar-refractivity contribution is 5.94. The summed E-state index contributed by atoms with van der Waals surface area (Å²) in [6.07, 6.45) is -0.158. The zero-order valence-electron chi connectivity index (χ0n) is 41.1. The number of piperazine rings is 1. The number of H-pyrrole nitrogens is 3. The van der Waals surface area contributed by atoms with Gasteiger partial charge in [-0.15, -0.1) is 20.4 Å². The normalized spacial score (nSPS) is 16.4. The summed E-state index contributed by atoms with van der Waals surface area (Å²) in [7, 11) is 0. The molecule has 1 aliphatic carbocycles. The Morgan fingerprint density at radius 3 is 2.19 bits per heavy atom. The molecule has 0 radical (unpaired) electrons. The van der Waals surface area contributed by atoms with E-state index in [4.69, 9.17) is 9.84 Å².